The van der Waals surface area contributed by atoms with Crippen LogP contribution in [-0.4, -0.2) is 20.4 Å². The second kappa shape index (κ2) is 6.35. The fourth-order valence-electron chi connectivity index (χ4n) is 3.15. The largest absolute Gasteiger partial charge is 0.441 e. The molecule has 1 N–H and O–H groups in total. The Morgan fingerprint density at radius 1 is 1.11 bits per heavy atom. The van der Waals surface area contributed by atoms with Crippen molar-refractivity contribution < 1.29 is 9.21 Å². The van der Waals surface area contributed by atoms with Crippen LogP contribution in [0.5, 0.6) is 0 Å². The van der Waals surface area contributed by atoms with E-state index in [2.05, 4.69) is 15.3 Å². The number of fused-ring (bicyclic) bond motifs is 2. The standard InChI is InChI=1S/C20H18N4O3/c1-4-24-17-8-5-13(9-16(17)21-11(2)20(24)26)19(25)23-14-6-7-15-18(10-14)27-12(3)22-15/h5-10H,4H2,1-3H3,(H,23,25). The van der Waals surface area contributed by atoms with E-state index < -0.39 is 0 Å². The molecule has 7 nitrogen and oxygen atoms in total. The Kier molecular flexibility index (Phi) is 3.99. The van der Waals surface area contributed by atoms with E-state index >= 15 is 0 Å². The summed E-state index contributed by atoms with van der Waals surface area (Å²) in [5, 5.41) is 2.86. The molecule has 0 saturated carbocycles. The second-order valence-corrected chi connectivity index (χ2v) is 6.32. The van der Waals surface area contributed by atoms with E-state index in [4.69, 9.17) is 4.42 Å². The van der Waals surface area contributed by atoms with E-state index in [9.17, 15) is 9.59 Å². The van der Waals surface area contributed by atoms with Crippen LogP contribution in [0.1, 0.15) is 28.9 Å². The minimum absolute atomic E-state index is 0.113. The molecule has 2 aromatic heterocycles. The maximum atomic E-state index is 12.7. The van der Waals surface area contributed by atoms with Gasteiger partial charge in [0, 0.05) is 30.8 Å². The minimum atomic E-state index is -0.263. The molecule has 0 spiro atoms. The molecule has 7 heteroatoms. The van der Waals surface area contributed by atoms with Crippen molar-refractivity contribution in [1.82, 2.24) is 14.5 Å². The molecule has 2 heterocycles. The van der Waals surface area contributed by atoms with Gasteiger partial charge in [-0.1, -0.05) is 0 Å². The van der Waals surface area contributed by atoms with Gasteiger partial charge in [-0.2, -0.15) is 0 Å². The Hall–Kier alpha value is -3.48. The number of aryl methyl sites for hydroxylation is 3. The van der Waals surface area contributed by atoms with Gasteiger partial charge in [-0.05, 0) is 44.2 Å². The fraction of sp³-hybridized carbons (Fsp3) is 0.200. The van der Waals surface area contributed by atoms with Gasteiger partial charge in [0.25, 0.3) is 11.5 Å². The molecule has 136 valence electrons. The van der Waals surface area contributed by atoms with Crippen molar-refractivity contribution in [3.63, 3.8) is 0 Å². The molecule has 27 heavy (non-hydrogen) atoms. The summed E-state index contributed by atoms with van der Waals surface area (Å²) in [6, 6.07) is 10.5. The first-order valence-corrected chi connectivity index (χ1v) is 8.66. The van der Waals surface area contributed by atoms with Gasteiger partial charge in [0.2, 0.25) is 0 Å². The maximum Gasteiger partial charge on any atom is 0.272 e. The number of aromatic nitrogens is 3. The summed E-state index contributed by atoms with van der Waals surface area (Å²) in [6.45, 7) is 5.90. The van der Waals surface area contributed by atoms with Crippen molar-refractivity contribution in [3.8, 4) is 0 Å². The van der Waals surface area contributed by atoms with Crippen LogP contribution in [-0.2, 0) is 6.54 Å². The molecule has 0 aliphatic carbocycles. The van der Waals surface area contributed by atoms with Crippen molar-refractivity contribution in [2.45, 2.75) is 27.3 Å². The molecule has 4 aromatic rings. The van der Waals surface area contributed by atoms with E-state index in [1.165, 1.54) is 0 Å². The summed E-state index contributed by atoms with van der Waals surface area (Å²) >= 11 is 0. The first kappa shape index (κ1) is 17.0. The van der Waals surface area contributed by atoms with Crippen LogP contribution in [0.25, 0.3) is 22.1 Å². The number of anilines is 1. The lowest BCUT2D eigenvalue weighted by molar-refractivity contribution is 0.102. The first-order chi connectivity index (χ1) is 13.0. The molecule has 0 saturated heterocycles. The van der Waals surface area contributed by atoms with Crippen LogP contribution in [0.15, 0.2) is 45.6 Å². The van der Waals surface area contributed by atoms with Crippen molar-refractivity contribution in [2.24, 2.45) is 0 Å². The number of nitrogens with one attached hydrogen (secondary N) is 1. The monoisotopic (exact) mass is 362 g/mol. The molecular weight excluding hydrogens is 344 g/mol. The maximum absolute atomic E-state index is 12.7. The summed E-state index contributed by atoms with van der Waals surface area (Å²) < 4.78 is 7.15. The molecule has 2 aromatic carbocycles. The lowest BCUT2D eigenvalue weighted by atomic mass is 10.1. The molecule has 1 amide bonds. The average molecular weight is 362 g/mol. The summed E-state index contributed by atoms with van der Waals surface area (Å²) in [4.78, 5) is 33.4. The van der Waals surface area contributed by atoms with Gasteiger partial charge in [0.05, 0.1) is 11.0 Å². The second-order valence-electron chi connectivity index (χ2n) is 6.32. The first-order valence-electron chi connectivity index (χ1n) is 8.66. The molecule has 0 atom stereocenters. The lowest BCUT2D eigenvalue weighted by Gasteiger charge is -2.10. The molecular formula is C20H18N4O3. The molecule has 0 aliphatic heterocycles. The highest BCUT2D eigenvalue weighted by Crippen LogP contribution is 2.21. The molecule has 4 rings (SSSR count). The SMILES string of the molecule is CCn1c(=O)c(C)nc2cc(C(=O)Nc3ccc4nc(C)oc4c3)ccc21. The minimum Gasteiger partial charge on any atom is -0.441 e. The number of amides is 1. The van der Waals surface area contributed by atoms with Gasteiger partial charge in [-0.3, -0.25) is 9.59 Å². The topological polar surface area (TPSA) is 90.0 Å². The van der Waals surface area contributed by atoms with E-state index in [0.29, 0.717) is 46.0 Å². The van der Waals surface area contributed by atoms with Crippen LogP contribution in [0.2, 0.25) is 0 Å². The Morgan fingerprint density at radius 3 is 2.70 bits per heavy atom. The van der Waals surface area contributed by atoms with Gasteiger partial charge >= 0.3 is 0 Å². The average Bonchev–Trinajstić information content (AvgIpc) is 3.01. The zero-order valence-corrected chi connectivity index (χ0v) is 15.2. The van der Waals surface area contributed by atoms with Crippen molar-refractivity contribution in [3.05, 3.63) is 63.9 Å². The summed E-state index contributed by atoms with van der Waals surface area (Å²) in [7, 11) is 0. The molecule has 0 fully saturated rings. The third-order valence-electron chi connectivity index (χ3n) is 4.44. The predicted octanol–water partition coefficient (Wildman–Crippen LogP) is 3.43. The predicted molar refractivity (Wildman–Crippen MR) is 103 cm³/mol. The highest BCUT2D eigenvalue weighted by atomic mass is 16.3. The van der Waals surface area contributed by atoms with Crippen LogP contribution >= 0.6 is 0 Å². The van der Waals surface area contributed by atoms with Crippen LogP contribution in [0.4, 0.5) is 5.69 Å². The third-order valence-corrected chi connectivity index (χ3v) is 4.44. The number of nitrogens with zero attached hydrogens (tertiary/aromatic N) is 3. The zero-order valence-electron chi connectivity index (χ0n) is 15.2. The normalized spacial score (nSPS) is 11.2. The zero-order chi connectivity index (χ0) is 19.1. The summed E-state index contributed by atoms with van der Waals surface area (Å²) in [5.74, 6) is 0.313. The molecule has 0 aliphatic rings. The van der Waals surface area contributed by atoms with Gasteiger partial charge in [0.1, 0.15) is 11.2 Å². The van der Waals surface area contributed by atoms with E-state index in [-0.39, 0.29) is 11.5 Å². The Balaban J connectivity index is 1.69. The Morgan fingerprint density at radius 2 is 1.93 bits per heavy atom. The van der Waals surface area contributed by atoms with Gasteiger partial charge < -0.3 is 14.3 Å². The molecule has 0 radical (unpaired) electrons. The van der Waals surface area contributed by atoms with Crippen LogP contribution < -0.4 is 10.9 Å². The van der Waals surface area contributed by atoms with Crippen molar-refractivity contribution >= 4 is 33.7 Å². The highest BCUT2D eigenvalue weighted by molar-refractivity contribution is 6.06. The van der Waals surface area contributed by atoms with Gasteiger partial charge in [0.15, 0.2) is 11.5 Å². The Bertz CT molecular complexity index is 1250. The van der Waals surface area contributed by atoms with E-state index in [0.717, 1.165) is 5.52 Å². The highest BCUT2D eigenvalue weighted by Gasteiger charge is 2.12. The van der Waals surface area contributed by atoms with Crippen LogP contribution in [0, 0.1) is 13.8 Å². The number of hydrogen-bond donors (Lipinski definition) is 1. The molecule has 0 bridgehead atoms. The number of benzene rings is 2. The lowest BCUT2D eigenvalue weighted by Crippen LogP contribution is -2.23. The van der Waals surface area contributed by atoms with Gasteiger partial charge in [-0.15, -0.1) is 0 Å². The summed E-state index contributed by atoms with van der Waals surface area (Å²) in [6.07, 6.45) is 0. The number of oxazole rings is 1. The number of rotatable bonds is 3. The van der Waals surface area contributed by atoms with E-state index in [1.54, 1.807) is 54.8 Å². The smallest absolute Gasteiger partial charge is 0.272 e. The van der Waals surface area contributed by atoms with Crippen molar-refractivity contribution in [2.75, 3.05) is 5.32 Å². The van der Waals surface area contributed by atoms with E-state index in [1.807, 2.05) is 6.92 Å². The fourth-order valence-corrected chi connectivity index (χ4v) is 3.15. The number of carbonyl (C=O) groups excluding carboxylic acids is 1. The Labute approximate surface area is 154 Å². The third kappa shape index (κ3) is 2.97. The molecule has 0 unspecified atom stereocenters. The number of hydrogen-bond acceptors (Lipinski definition) is 5. The van der Waals surface area contributed by atoms with Crippen LogP contribution in [0.3, 0.4) is 0 Å². The summed E-state index contributed by atoms with van der Waals surface area (Å²) in [5.41, 5.74) is 4.06. The van der Waals surface area contributed by atoms with Crippen molar-refractivity contribution in [1.29, 1.82) is 0 Å². The quantitative estimate of drug-likeness (QED) is 0.603. The number of carbonyl (C=O) groups is 1. The van der Waals surface area contributed by atoms with Gasteiger partial charge in [-0.25, -0.2) is 9.97 Å².